The van der Waals surface area contributed by atoms with Gasteiger partial charge < -0.3 is 9.31 Å². The van der Waals surface area contributed by atoms with Crippen LogP contribution in [0.4, 0.5) is 0 Å². The summed E-state index contributed by atoms with van der Waals surface area (Å²) in [6.07, 6.45) is 25.9. The number of halogens is 1. The van der Waals surface area contributed by atoms with Crippen molar-refractivity contribution in [1.29, 1.82) is 0 Å². The molecule has 460 valence electrons. The van der Waals surface area contributed by atoms with E-state index in [4.69, 9.17) is 34.6 Å². The molecule has 20 nitrogen and oxygen atoms in total. The molecule has 22 rings (SSSR count). The fourth-order valence-corrected chi connectivity index (χ4v) is 15.9. The molecule has 3 aliphatic carbocycles. The molecule has 22 heteroatoms. The Labute approximate surface area is 536 Å². The lowest BCUT2D eigenvalue weighted by atomic mass is 9.78. The van der Waals surface area contributed by atoms with E-state index in [9.17, 15) is 0 Å². The first-order valence-electron chi connectivity index (χ1n) is 32.3. The van der Waals surface area contributed by atoms with Gasteiger partial charge >= 0.3 is 7.12 Å². The number of aryl methyl sites for hydroxylation is 3. The highest BCUT2D eigenvalue weighted by Gasteiger charge is 2.52. The molecule has 4 fully saturated rings. The van der Waals surface area contributed by atoms with Crippen molar-refractivity contribution in [1.82, 2.24) is 88.1 Å². The zero-order valence-corrected chi connectivity index (χ0v) is 54.0. The second-order valence-electron chi connectivity index (χ2n) is 26.7. The second kappa shape index (κ2) is 22.7. The summed E-state index contributed by atoms with van der Waals surface area (Å²) in [5, 5.41) is 27.8. The van der Waals surface area contributed by atoms with E-state index in [1.54, 1.807) is 17.2 Å². The number of fused-ring (bicyclic) bond motifs is 9. The smallest absolute Gasteiger partial charge is 0.399 e. The summed E-state index contributed by atoms with van der Waals surface area (Å²) in [4.78, 5) is 26.9. The predicted octanol–water partition coefficient (Wildman–Crippen LogP) is 13.6. The highest BCUT2D eigenvalue weighted by molar-refractivity contribution is 9.10. The van der Waals surface area contributed by atoms with Crippen LogP contribution in [0.2, 0.25) is 0 Å². The van der Waals surface area contributed by atoms with Crippen LogP contribution in [-0.4, -0.2) is 106 Å². The van der Waals surface area contributed by atoms with Gasteiger partial charge in [0.25, 0.3) is 0 Å². The molecule has 0 atom stereocenters. The van der Waals surface area contributed by atoms with Gasteiger partial charge in [0.2, 0.25) is 0 Å². The van der Waals surface area contributed by atoms with Gasteiger partial charge in [0.15, 0.2) is 16.9 Å². The third kappa shape index (κ3) is 10.3. The van der Waals surface area contributed by atoms with E-state index in [0.717, 1.165) is 84.8 Å². The van der Waals surface area contributed by atoms with Crippen LogP contribution >= 0.6 is 15.9 Å². The molecule has 1 saturated heterocycles. The van der Waals surface area contributed by atoms with E-state index in [-0.39, 0.29) is 18.3 Å². The van der Waals surface area contributed by atoms with Crippen molar-refractivity contribution in [2.75, 3.05) is 0 Å². The number of pyridine rings is 6. The number of rotatable bonds is 6. The topological polar surface area (TPSA) is 201 Å². The molecule has 0 N–H and O–H groups in total. The van der Waals surface area contributed by atoms with E-state index < -0.39 is 0 Å². The molecule has 0 spiro atoms. The molecular weight excluding hydrogens is 1200 g/mol. The van der Waals surface area contributed by atoms with Gasteiger partial charge in [-0.1, -0.05) is 24.3 Å². The Bertz CT molecular complexity index is 4520. The molecule has 12 aromatic heterocycles. The van der Waals surface area contributed by atoms with Crippen molar-refractivity contribution in [3.63, 3.8) is 0 Å². The molecule has 10 aliphatic rings. The van der Waals surface area contributed by atoms with Crippen molar-refractivity contribution in [2.45, 2.75) is 173 Å². The molecule has 0 amide bonds. The van der Waals surface area contributed by atoms with Gasteiger partial charge in [-0.15, -0.1) is 0 Å². The maximum atomic E-state index is 5.99. The third-order valence-corrected chi connectivity index (χ3v) is 21.2. The van der Waals surface area contributed by atoms with Gasteiger partial charge in [-0.25, -0.2) is 28.5 Å². The SMILES string of the molecule is CC1(C)OB(c2ccc3ncnn3c2)OC1(C)C.Cc1cccc(-c2nn3c(c2-c2ccc4ncnn4c2)C2CCC3CC2)n1.Cc1cccc(-c2nn3c(c2-c2ccc4ncnn4c2)C2CCC3CC2)n1.Cc1cccc(-c2nn3c(c2Br)C2CCC3CC2)n1. The van der Waals surface area contributed by atoms with E-state index in [1.807, 2.05) is 112 Å². The number of nitrogens with zero attached hydrogens (tertiary/aromatic N) is 18. The minimum Gasteiger partial charge on any atom is -0.399 e. The van der Waals surface area contributed by atoms with Gasteiger partial charge in [-0.3, -0.25) is 29.0 Å². The first-order valence-corrected chi connectivity index (χ1v) is 33.1. The molecular formula is C69H72BBrN18O2. The normalized spacial score (nSPS) is 21.8. The van der Waals surface area contributed by atoms with Gasteiger partial charge in [-0.05, 0) is 208 Å². The monoisotopic (exact) mass is 1270 g/mol. The van der Waals surface area contributed by atoms with Gasteiger partial charge in [-0.2, -0.15) is 30.6 Å². The maximum Gasteiger partial charge on any atom is 0.496 e. The Balaban J connectivity index is 0.0000000985. The summed E-state index contributed by atoms with van der Waals surface area (Å²) in [6, 6.07) is 32.3. The van der Waals surface area contributed by atoms with Crippen LogP contribution in [0.15, 0.2) is 133 Å². The Hall–Kier alpha value is -8.60. The van der Waals surface area contributed by atoms with Gasteiger partial charge in [0.1, 0.15) is 36.1 Å². The molecule has 0 unspecified atom stereocenters. The molecule has 6 bridgehead atoms. The molecule has 0 radical (unpaired) electrons. The first kappa shape index (κ1) is 57.6. The van der Waals surface area contributed by atoms with Crippen LogP contribution in [0.3, 0.4) is 0 Å². The number of hydrogen-bond acceptors (Lipinski definition) is 14. The average Bonchev–Trinajstić information content (AvgIpc) is 1.63. The quantitative estimate of drug-likeness (QED) is 0.142. The Kier molecular flexibility index (Phi) is 14.3. The van der Waals surface area contributed by atoms with Crippen LogP contribution in [0.25, 0.3) is 73.4 Å². The molecule has 3 saturated carbocycles. The van der Waals surface area contributed by atoms with Gasteiger partial charge in [0, 0.05) is 81.1 Å². The highest BCUT2D eigenvalue weighted by atomic mass is 79.9. The summed E-state index contributed by atoms with van der Waals surface area (Å²) >= 11 is 3.78. The Morgan fingerprint density at radius 3 is 1.20 bits per heavy atom. The summed E-state index contributed by atoms with van der Waals surface area (Å²) in [6.45, 7) is 14.3. The molecule has 7 aliphatic heterocycles. The third-order valence-electron chi connectivity index (χ3n) is 20.4. The van der Waals surface area contributed by atoms with Crippen molar-refractivity contribution < 1.29 is 9.31 Å². The fourth-order valence-electron chi connectivity index (χ4n) is 15.1. The summed E-state index contributed by atoms with van der Waals surface area (Å²) in [7, 11) is -0.358. The van der Waals surface area contributed by atoms with E-state index in [1.165, 1.54) is 116 Å². The minimum absolute atomic E-state index is 0.324. The number of aromatic nitrogens is 18. The predicted molar refractivity (Wildman–Crippen MR) is 352 cm³/mol. The van der Waals surface area contributed by atoms with E-state index >= 15 is 0 Å². The second-order valence-corrected chi connectivity index (χ2v) is 27.5. The van der Waals surface area contributed by atoms with Crippen LogP contribution < -0.4 is 5.46 Å². The highest BCUT2D eigenvalue weighted by Crippen LogP contribution is 2.53. The van der Waals surface area contributed by atoms with Gasteiger partial charge in [0.05, 0.1) is 68.0 Å². The Morgan fingerprint density at radius 2 is 0.791 bits per heavy atom. The molecule has 19 heterocycles. The molecule has 91 heavy (non-hydrogen) atoms. The average molecular weight is 1280 g/mol. The number of hydrogen-bond donors (Lipinski definition) is 0. The van der Waals surface area contributed by atoms with E-state index in [0.29, 0.717) is 35.9 Å². The largest absolute Gasteiger partial charge is 0.496 e. The van der Waals surface area contributed by atoms with Crippen molar-refractivity contribution in [3.8, 4) is 56.4 Å². The van der Waals surface area contributed by atoms with Crippen molar-refractivity contribution >= 4 is 45.5 Å². The maximum absolute atomic E-state index is 5.99. The lowest BCUT2D eigenvalue weighted by Crippen LogP contribution is -2.41. The molecule has 0 aromatic carbocycles. The summed E-state index contributed by atoms with van der Waals surface area (Å²) in [5.74, 6) is 1.86. The minimum atomic E-state index is -0.358. The van der Waals surface area contributed by atoms with E-state index in [2.05, 4.69) is 120 Å². The zero-order chi connectivity index (χ0) is 61.9. The van der Waals surface area contributed by atoms with Crippen LogP contribution in [0.1, 0.15) is 175 Å². The lowest BCUT2D eigenvalue weighted by Gasteiger charge is -2.37. The Morgan fingerprint density at radius 1 is 0.429 bits per heavy atom. The van der Waals surface area contributed by atoms with Crippen LogP contribution in [0, 0.1) is 20.8 Å². The zero-order valence-electron chi connectivity index (χ0n) is 52.4. The summed E-state index contributed by atoms with van der Waals surface area (Å²) in [5.41, 5.74) is 20.7. The molecule has 12 aromatic rings. The van der Waals surface area contributed by atoms with Crippen molar-refractivity contribution in [3.05, 3.63) is 167 Å². The van der Waals surface area contributed by atoms with Crippen LogP contribution in [-0.2, 0) is 9.31 Å². The summed E-state index contributed by atoms with van der Waals surface area (Å²) < 4.78 is 25.4. The lowest BCUT2D eigenvalue weighted by molar-refractivity contribution is 0.00578. The standard InChI is InChI=1S/2C21H20N6.C15H16BrN3.C12H16BN3O2/c2*1-13-3-2-4-17(24-13)20-19(15-7-10-18-22-12-23-26(18)11-15)21-14-5-8-16(9-6-14)27(21)25-20;1-9-3-2-4-12(17-9)14-13(16)15-10-5-7-11(8-6-10)19(15)18-14;1-11(2)12(3,4)18-13(17-11)9-5-6-10-14-8-15-16(10)7-9/h2*2-4,7,10-12,14,16H,5-6,8-9H2,1H3;2-4,10-11H,5-8H2,1H3;5-8H,1-4H3. The van der Waals surface area contributed by atoms with Crippen molar-refractivity contribution in [2.24, 2.45) is 0 Å². The first-order chi connectivity index (χ1) is 44.2. The fraction of sp³-hybridized carbons (Fsp3) is 0.391. The van der Waals surface area contributed by atoms with Crippen LogP contribution in [0.5, 0.6) is 0 Å².